The summed E-state index contributed by atoms with van der Waals surface area (Å²) in [6.45, 7) is 13.1. The van der Waals surface area contributed by atoms with Gasteiger partial charge < -0.3 is 15.0 Å². The van der Waals surface area contributed by atoms with Gasteiger partial charge in [-0.15, -0.1) is 0 Å². The summed E-state index contributed by atoms with van der Waals surface area (Å²) >= 11 is 0. The number of carbonyl (C=O) groups is 1. The Labute approximate surface area is 192 Å². The Hall–Kier alpha value is -3.59. The van der Waals surface area contributed by atoms with Crippen molar-refractivity contribution in [3.05, 3.63) is 73.8 Å². The molecule has 0 atom stereocenters. The number of carboxylic acid groups (broad SMARTS) is 1. The minimum atomic E-state index is -0.954. The second-order valence-electron chi connectivity index (χ2n) is 7.70. The zero-order valence-electron chi connectivity index (χ0n) is 19.6. The molecule has 0 spiro atoms. The smallest absolute Gasteiger partial charge is 0.349 e. The summed E-state index contributed by atoms with van der Waals surface area (Å²) in [5.41, 5.74) is 2.24. The van der Waals surface area contributed by atoms with Gasteiger partial charge in [-0.3, -0.25) is 9.78 Å². The molecule has 0 saturated carbocycles. The Morgan fingerprint density at radius 3 is 2.61 bits per heavy atom. The Morgan fingerprint density at radius 1 is 1.24 bits per heavy atom. The number of hydrogen-bond donors (Lipinski definition) is 3. The van der Waals surface area contributed by atoms with Gasteiger partial charge in [-0.2, -0.15) is 4.98 Å². The SMILES string of the molecule is C=C(C)/C(C)=C\c1nc2c(=O)[nH]c(=O)nc-2n(CCNCC/C=C(\C=C/CC)C(=O)O)c1C. The van der Waals surface area contributed by atoms with Crippen LogP contribution >= 0.6 is 0 Å². The first kappa shape index (κ1) is 25.7. The fourth-order valence-corrected chi connectivity index (χ4v) is 3.08. The van der Waals surface area contributed by atoms with E-state index in [1.54, 1.807) is 16.7 Å². The normalized spacial score (nSPS) is 12.6. The molecule has 176 valence electrons. The number of aromatic nitrogens is 4. The molecule has 0 amide bonds. The van der Waals surface area contributed by atoms with Gasteiger partial charge in [-0.25, -0.2) is 14.6 Å². The standard InChI is InChI=1S/C24H31N5O4/c1-6-7-9-18(23(31)32)10-8-11-25-12-13-29-17(5)19(14-16(4)15(2)3)26-20-21(29)27-24(33)28-22(20)30/h7,9-10,14,25H,2,6,8,11-13H2,1,3-5H3,(H,31,32)(H,28,30,33)/b9-7-,16-14-,18-10+. The number of rotatable bonds is 11. The average Bonchev–Trinajstić information content (AvgIpc) is 2.74. The largest absolute Gasteiger partial charge is 0.478 e. The van der Waals surface area contributed by atoms with Crippen molar-refractivity contribution in [3.63, 3.8) is 0 Å². The van der Waals surface area contributed by atoms with Crippen molar-refractivity contribution in [1.29, 1.82) is 0 Å². The van der Waals surface area contributed by atoms with Crippen LogP contribution < -0.4 is 16.6 Å². The van der Waals surface area contributed by atoms with Crippen LogP contribution in [0.2, 0.25) is 0 Å². The number of aliphatic carboxylic acids is 1. The number of aromatic amines is 1. The lowest BCUT2D eigenvalue weighted by Crippen LogP contribution is -2.31. The van der Waals surface area contributed by atoms with Gasteiger partial charge in [0.05, 0.1) is 11.3 Å². The zero-order valence-corrected chi connectivity index (χ0v) is 19.6. The predicted octanol–water partition coefficient (Wildman–Crippen LogP) is 2.68. The fraction of sp³-hybridized carbons (Fsp3) is 0.375. The van der Waals surface area contributed by atoms with E-state index < -0.39 is 17.2 Å². The molecule has 0 aromatic heterocycles. The number of fused-ring (bicyclic) bond motifs is 1. The van der Waals surface area contributed by atoms with Gasteiger partial charge in [0.2, 0.25) is 0 Å². The molecule has 3 N–H and O–H groups in total. The van der Waals surface area contributed by atoms with Crippen molar-refractivity contribution in [3.8, 4) is 11.5 Å². The van der Waals surface area contributed by atoms with E-state index in [9.17, 15) is 19.5 Å². The maximum atomic E-state index is 12.4. The summed E-state index contributed by atoms with van der Waals surface area (Å²) in [5, 5.41) is 12.5. The molecule has 0 bridgehead atoms. The van der Waals surface area contributed by atoms with Crippen LogP contribution in [0.15, 0.2) is 51.1 Å². The third kappa shape index (κ3) is 6.95. The van der Waals surface area contributed by atoms with Crippen molar-refractivity contribution in [2.24, 2.45) is 0 Å². The van der Waals surface area contributed by atoms with Crippen LogP contribution in [-0.4, -0.2) is 43.7 Å². The summed E-state index contributed by atoms with van der Waals surface area (Å²) in [5.74, 6) is -0.726. The van der Waals surface area contributed by atoms with E-state index in [0.29, 0.717) is 31.7 Å². The summed E-state index contributed by atoms with van der Waals surface area (Å²) in [4.78, 5) is 46.0. The molecule has 0 aliphatic carbocycles. The van der Waals surface area contributed by atoms with Gasteiger partial charge >= 0.3 is 11.7 Å². The lowest BCUT2D eigenvalue weighted by atomic mass is 10.1. The van der Waals surface area contributed by atoms with E-state index in [4.69, 9.17) is 0 Å². The number of allylic oxidation sites excluding steroid dienone is 3. The van der Waals surface area contributed by atoms with Gasteiger partial charge in [-0.05, 0) is 51.8 Å². The molecule has 2 heterocycles. The minimum absolute atomic E-state index is 0.0951. The Kier molecular flexibility index (Phi) is 9.23. The Bertz CT molecular complexity index is 1200. The zero-order chi connectivity index (χ0) is 24.5. The van der Waals surface area contributed by atoms with E-state index in [2.05, 4.69) is 26.8 Å². The number of H-pyrrole nitrogens is 1. The van der Waals surface area contributed by atoms with Crippen LogP contribution in [0.4, 0.5) is 0 Å². The molecular weight excluding hydrogens is 422 g/mol. The Balaban J connectivity index is 2.24. The van der Waals surface area contributed by atoms with Crippen LogP contribution in [-0.2, 0) is 11.3 Å². The number of nitrogens with zero attached hydrogens (tertiary/aromatic N) is 3. The monoisotopic (exact) mass is 453 g/mol. The third-order valence-corrected chi connectivity index (χ3v) is 5.12. The minimum Gasteiger partial charge on any atom is -0.478 e. The summed E-state index contributed by atoms with van der Waals surface area (Å²) in [6.07, 6.45) is 8.26. The quantitative estimate of drug-likeness (QED) is 0.271. The molecule has 33 heavy (non-hydrogen) atoms. The number of nitrogens with one attached hydrogen (secondary N) is 2. The average molecular weight is 454 g/mol. The van der Waals surface area contributed by atoms with Gasteiger partial charge in [0.15, 0.2) is 11.5 Å². The van der Waals surface area contributed by atoms with Crippen molar-refractivity contribution >= 4 is 12.0 Å². The summed E-state index contributed by atoms with van der Waals surface area (Å²) in [7, 11) is 0. The number of carboxylic acids is 1. The molecule has 9 nitrogen and oxygen atoms in total. The lowest BCUT2D eigenvalue weighted by molar-refractivity contribution is -0.132. The van der Waals surface area contributed by atoms with Crippen molar-refractivity contribution in [2.45, 2.75) is 47.1 Å². The maximum Gasteiger partial charge on any atom is 0.349 e. The molecule has 0 radical (unpaired) electrons. The molecule has 2 aliphatic rings. The van der Waals surface area contributed by atoms with E-state index in [1.807, 2.05) is 39.8 Å². The maximum absolute atomic E-state index is 12.4. The molecule has 2 rings (SSSR count). The number of hydrogen-bond acceptors (Lipinski definition) is 6. The molecule has 0 unspecified atom stereocenters. The van der Waals surface area contributed by atoms with E-state index in [-0.39, 0.29) is 17.1 Å². The van der Waals surface area contributed by atoms with E-state index in [0.717, 1.165) is 23.3 Å². The first-order valence-corrected chi connectivity index (χ1v) is 10.8. The molecule has 9 heteroatoms. The molecule has 0 fully saturated rings. The van der Waals surface area contributed by atoms with Gasteiger partial charge in [0.1, 0.15) is 0 Å². The Morgan fingerprint density at radius 2 is 1.97 bits per heavy atom. The highest BCUT2D eigenvalue weighted by atomic mass is 16.4. The predicted molar refractivity (Wildman–Crippen MR) is 129 cm³/mol. The van der Waals surface area contributed by atoms with Gasteiger partial charge in [-0.1, -0.05) is 37.3 Å². The third-order valence-electron chi connectivity index (χ3n) is 5.12. The highest BCUT2D eigenvalue weighted by Crippen LogP contribution is 2.20. The molecule has 2 aliphatic heterocycles. The van der Waals surface area contributed by atoms with Crippen LogP contribution in [0.3, 0.4) is 0 Å². The van der Waals surface area contributed by atoms with E-state index in [1.165, 1.54) is 0 Å². The first-order chi connectivity index (χ1) is 15.6. The van der Waals surface area contributed by atoms with Crippen LogP contribution in [0, 0.1) is 6.92 Å². The molecule has 0 saturated heterocycles. The highest BCUT2D eigenvalue weighted by Gasteiger charge is 2.19. The molecular formula is C24H31N5O4. The topological polar surface area (TPSA) is 130 Å². The molecule has 0 aromatic rings. The first-order valence-electron chi connectivity index (χ1n) is 10.8. The van der Waals surface area contributed by atoms with Gasteiger partial charge in [0, 0.05) is 18.8 Å². The fourth-order valence-electron chi connectivity index (χ4n) is 3.08. The van der Waals surface area contributed by atoms with Crippen LogP contribution in [0.5, 0.6) is 0 Å². The summed E-state index contributed by atoms with van der Waals surface area (Å²) in [6, 6.07) is 0. The molecule has 0 aromatic carbocycles. The second kappa shape index (κ2) is 11.9. The van der Waals surface area contributed by atoms with Gasteiger partial charge in [0.25, 0.3) is 5.56 Å². The van der Waals surface area contributed by atoms with Crippen molar-refractivity contribution in [1.82, 2.24) is 24.8 Å². The van der Waals surface area contributed by atoms with Crippen molar-refractivity contribution < 1.29 is 9.90 Å². The summed E-state index contributed by atoms with van der Waals surface area (Å²) < 4.78 is 1.80. The lowest BCUT2D eigenvalue weighted by Gasteiger charge is -2.19. The highest BCUT2D eigenvalue weighted by molar-refractivity contribution is 5.89. The van der Waals surface area contributed by atoms with Crippen LogP contribution in [0.25, 0.3) is 17.6 Å². The van der Waals surface area contributed by atoms with Crippen molar-refractivity contribution in [2.75, 3.05) is 13.1 Å². The van der Waals surface area contributed by atoms with Crippen LogP contribution in [0.1, 0.15) is 45.0 Å². The van der Waals surface area contributed by atoms with E-state index >= 15 is 0 Å². The second-order valence-corrected chi connectivity index (χ2v) is 7.70.